The average molecular weight is 397 g/mol. The van der Waals surface area contributed by atoms with Crippen molar-refractivity contribution >= 4 is 34.2 Å². The van der Waals surface area contributed by atoms with E-state index in [1.807, 2.05) is 49.5 Å². The number of benzene rings is 2. The molecular weight excluding hydrogens is 380 g/mol. The van der Waals surface area contributed by atoms with Crippen LogP contribution in [0.15, 0.2) is 53.3 Å². The summed E-state index contributed by atoms with van der Waals surface area (Å²) in [5.41, 5.74) is 2.16. The fourth-order valence-electron chi connectivity index (χ4n) is 2.96. The Bertz CT molecular complexity index is 1150. The van der Waals surface area contributed by atoms with Crippen molar-refractivity contribution in [2.75, 3.05) is 26.2 Å². The summed E-state index contributed by atoms with van der Waals surface area (Å²) in [6, 6.07) is 12.9. The van der Waals surface area contributed by atoms with Crippen molar-refractivity contribution in [3.63, 3.8) is 0 Å². The molecule has 2 aromatic heterocycles. The zero-order valence-electron chi connectivity index (χ0n) is 15.5. The van der Waals surface area contributed by atoms with Gasteiger partial charge in [-0.05, 0) is 12.1 Å². The van der Waals surface area contributed by atoms with Gasteiger partial charge >= 0.3 is 0 Å². The Balaban J connectivity index is 1.77. The van der Waals surface area contributed by atoms with Crippen molar-refractivity contribution in [2.45, 2.75) is 0 Å². The Morgan fingerprint density at radius 2 is 1.75 bits per heavy atom. The largest absolute Gasteiger partial charge is 0.493 e. The summed E-state index contributed by atoms with van der Waals surface area (Å²) in [5, 5.41) is 5.54. The topological polar surface area (TPSA) is 73.5 Å². The minimum atomic E-state index is 0.518. The highest BCUT2D eigenvalue weighted by Crippen LogP contribution is 2.37. The first-order valence-electron chi connectivity index (χ1n) is 8.44. The van der Waals surface area contributed by atoms with Gasteiger partial charge in [-0.25, -0.2) is 9.97 Å². The smallest absolute Gasteiger partial charge is 0.233 e. The molecule has 2 aromatic carbocycles. The molecule has 0 saturated carbocycles. The maximum Gasteiger partial charge on any atom is 0.233 e. The summed E-state index contributed by atoms with van der Waals surface area (Å²) in [7, 11) is 5.02. The van der Waals surface area contributed by atoms with Crippen molar-refractivity contribution in [3.8, 4) is 22.8 Å². The lowest BCUT2D eigenvalue weighted by atomic mass is 10.1. The first kappa shape index (κ1) is 18.1. The lowest BCUT2D eigenvalue weighted by Crippen LogP contribution is -2.11. The van der Waals surface area contributed by atoms with E-state index < -0.39 is 0 Å². The molecule has 0 N–H and O–H groups in total. The summed E-state index contributed by atoms with van der Waals surface area (Å²) in [4.78, 5) is 10.5. The van der Waals surface area contributed by atoms with Crippen LogP contribution in [0.1, 0.15) is 0 Å². The molecule has 0 amide bonds. The van der Waals surface area contributed by atoms with E-state index in [-0.39, 0.29) is 0 Å². The number of aromatic nitrogens is 3. The number of halogens is 1. The van der Waals surface area contributed by atoms with Crippen LogP contribution < -0.4 is 14.4 Å². The van der Waals surface area contributed by atoms with E-state index in [9.17, 15) is 0 Å². The van der Waals surface area contributed by atoms with Crippen molar-refractivity contribution in [2.24, 2.45) is 0 Å². The predicted molar refractivity (Wildman–Crippen MR) is 108 cm³/mol. The van der Waals surface area contributed by atoms with Gasteiger partial charge in [0.1, 0.15) is 17.8 Å². The zero-order chi connectivity index (χ0) is 19.7. The molecule has 0 aliphatic heterocycles. The fourth-order valence-corrected chi connectivity index (χ4v) is 3.19. The molecule has 8 heteroatoms. The third-order valence-electron chi connectivity index (χ3n) is 4.42. The molecule has 0 saturated heterocycles. The molecule has 0 atom stereocenters. The molecule has 2 heterocycles. The lowest BCUT2D eigenvalue weighted by Gasteiger charge is -2.17. The van der Waals surface area contributed by atoms with Gasteiger partial charge in [0, 0.05) is 30.1 Å². The molecule has 7 nitrogen and oxygen atoms in total. The van der Waals surface area contributed by atoms with Gasteiger partial charge in [-0.3, -0.25) is 4.90 Å². The van der Waals surface area contributed by atoms with E-state index in [0.717, 1.165) is 16.5 Å². The Morgan fingerprint density at radius 3 is 2.50 bits per heavy atom. The van der Waals surface area contributed by atoms with E-state index >= 15 is 0 Å². The van der Waals surface area contributed by atoms with Gasteiger partial charge in [0.15, 0.2) is 11.5 Å². The number of fused-ring (bicyclic) bond motifs is 1. The molecule has 0 bridgehead atoms. The van der Waals surface area contributed by atoms with E-state index in [1.54, 1.807) is 19.1 Å². The van der Waals surface area contributed by atoms with Crippen LogP contribution in [0.25, 0.3) is 22.2 Å². The third kappa shape index (κ3) is 3.10. The van der Waals surface area contributed by atoms with Crippen LogP contribution in [0, 0.1) is 0 Å². The van der Waals surface area contributed by atoms with Crippen LogP contribution in [0.4, 0.5) is 11.7 Å². The molecule has 0 radical (unpaired) electrons. The Hall–Kier alpha value is -3.32. The Kier molecular flexibility index (Phi) is 4.75. The van der Waals surface area contributed by atoms with Gasteiger partial charge in [0.25, 0.3) is 0 Å². The molecule has 0 fully saturated rings. The van der Waals surface area contributed by atoms with Crippen LogP contribution >= 0.6 is 11.6 Å². The van der Waals surface area contributed by atoms with E-state index in [4.69, 9.17) is 25.6 Å². The van der Waals surface area contributed by atoms with Gasteiger partial charge in [-0.15, -0.1) is 0 Å². The highest BCUT2D eigenvalue weighted by molar-refractivity contribution is 6.33. The quantitative estimate of drug-likeness (QED) is 0.483. The van der Waals surface area contributed by atoms with Crippen molar-refractivity contribution in [3.05, 3.63) is 53.8 Å². The summed E-state index contributed by atoms with van der Waals surface area (Å²) in [6.07, 6.45) is 1.49. The lowest BCUT2D eigenvalue weighted by molar-refractivity contribution is 0.356. The molecule has 0 aliphatic rings. The maximum absolute atomic E-state index is 6.26. The minimum Gasteiger partial charge on any atom is -0.493 e. The van der Waals surface area contributed by atoms with Gasteiger partial charge in [0.2, 0.25) is 5.88 Å². The fraction of sp³-hybridized carbons (Fsp3) is 0.150. The van der Waals surface area contributed by atoms with E-state index in [2.05, 4.69) is 15.1 Å². The molecule has 0 aliphatic carbocycles. The SMILES string of the molecule is COc1cc2ncnc(N(C)c3cc(-c4ccccc4Cl)no3)c2cc1OC. The maximum atomic E-state index is 6.26. The number of rotatable bonds is 5. The van der Waals surface area contributed by atoms with E-state index in [1.165, 1.54) is 6.33 Å². The number of anilines is 2. The van der Waals surface area contributed by atoms with Crippen LogP contribution in [0.2, 0.25) is 5.02 Å². The van der Waals surface area contributed by atoms with Gasteiger partial charge in [0.05, 0.1) is 24.8 Å². The average Bonchev–Trinajstić information content (AvgIpc) is 3.22. The second-order valence-electron chi connectivity index (χ2n) is 6.01. The molecule has 28 heavy (non-hydrogen) atoms. The van der Waals surface area contributed by atoms with Crippen LogP contribution in [-0.2, 0) is 0 Å². The third-order valence-corrected chi connectivity index (χ3v) is 4.75. The van der Waals surface area contributed by atoms with E-state index in [0.29, 0.717) is 33.9 Å². The first-order chi connectivity index (χ1) is 13.6. The zero-order valence-corrected chi connectivity index (χ0v) is 16.3. The number of methoxy groups -OCH3 is 2. The normalized spacial score (nSPS) is 10.9. The van der Waals surface area contributed by atoms with Crippen molar-refractivity contribution < 1.29 is 14.0 Å². The second kappa shape index (κ2) is 7.36. The molecule has 0 spiro atoms. The van der Waals surface area contributed by atoms with Crippen molar-refractivity contribution in [1.82, 2.24) is 15.1 Å². The highest BCUT2D eigenvalue weighted by atomic mass is 35.5. The number of hydrogen-bond acceptors (Lipinski definition) is 7. The van der Waals surface area contributed by atoms with Crippen molar-refractivity contribution in [1.29, 1.82) is 0 Å². The minimum absolute atomic E-state index is 0.518. The van der Waals surface area contributed by atoms with Gasteiger partial charge in [-0.2, -0.15) is 0 Å². The molecule has 0 unspecified atom stereocenters. The molecule has 142 valence electrons. The second-order valence-corrected chi connectivity index (χ2v) is 6.42. The summed E-state index contributed by atoms with van der Waals surface area (Å²) < 4.78 is 16.3. The predicted octanol–water partition coefficient (Wildman–Crippen LogP) is 4.72. The van der Waals surface area contributed by atoms with Crippen LogP contribution in [0.3, 0.4) is 0 Å². The standard InChI is InChI=1S/C20H17ClN4O3/c1-25(19-10-16(24-28-19)12-6-4-5-7-14(12)21)20-13-8-17(26-2)18(27-3)9-15(13)22-11-23-20/h4-11H,1-3H3. The number of hydrogen-bond donors (Lipinski definition) is 0. The summed E-state index contributed by atoms with van der Waals surface area (Å²) in [6.45, 7) is 0. The van der Waals surface area contributed by atoms with Crippen LogP contribution in [0.5, 0.6) is 11.5 Å². The number of ether oxygens (including phenoxy) is 2. The molecule has 4 aromatic rings. The number of nitrogens with zero attached hydrogens (tertiary/aromatic N) is 4. The summed E-state index contributed by atoms with van der Waals surface area (Å²) in [5.74, 6) is 2.36. The summed E-state index contributed by atoms with van der Waals surface area (Å²) >= 11 is 6.26. The highest BCUT2D eigenvalue weighted by Gasteiger charge is 2.18. The molecule has 4 rings (SSSR count). The monoisotopic (exact) mass is 396 g/mol. The molecular formula is C20H17ClN4O3. The Labute approximate surface area is 166 Å². The van der Waals surface area contributed by atoms with Gasteiger partial charge < -0.3 is 14.0 Å². The van der Waals surface area contributed by atoms with Gasteiger partial charge in [-0.1, -0.05) is 35.0 Å². The van der Waals surface area contributed by atoms with Crippen LogP contribution in [-0.4, -0.2) is 36.4 Å². The first-order valence-corrected chi connectivity index (χ1v) is 8.82. The Morgan fingerprint density at radius 1 is 1.00 bits per heavy atom.